The summed E-state index contributed by atoms with van der Waals surface area (Å²) in [5.41, 5.74) is 1.72. The van der Waals surface area contributed by atoms with Crippen LogP contribution in [-0.4, -0.2) is 22.2 Å². The van der Waals surface area contributed by atoms with E-state index in [2.05, 4.69) is 9.97 Å². The first-order valence-corrected chi connectivity index (χ1v) is 5.48. The molecule has 0 radical (unpaired) electrons. The lowest BCUT2D eigenvalue weighted by Gasteiger charge is -2.07. The molecule has 1 aromatic carbocycles. The number of hydrogen-bond donors (Lipinski definition) is 2. The molecule has 0 bridgehead atoms. The van der Waals surface area contributed by atoms with E-state index in [-0.39, 0.29) is 11.3 Å². The van der Waals surface area contributed by atoms with Gasteiger partial charge in [0.2, 0.25) is 0 Å². The number of methoxy groups -OCH3 is 1. The van der Waals surface area contributed by atoms with E-state index in [1.165, 1.54) is 13.2 Å². The fourth-order valence-electron chi connectivity index (χ4n) is 1.62. The molecular weight excluding hydrogens is 232 g/mol. The number of rotatable bonds is 2. The highest BCUT2D eigenvalue weighted by atomic mass is 16.5. The van der Waals surface area contributed by atoms with Gasteiger partial charge in [-0.25, -0.2) is 4.98 Å². The van der Waals surface area contributed by atoms with Crippen LogP contribution in [0.1, 0.15) is 11.3 Å². The van der Waals surface area contributed by atoms with Crippen LogP contribution < -0.4 is 10.3 Å². The maximum atomic E-state index is 11.7. The van der Waals surface area contributed by atoms with Crippen molar-refractivity contribution in [3.8, 4) is 22.9 Å². The van der Waals surface area contributed by atoms with Gasteiger partial charge >= 0.3 is 0 Å². The van der Waals surface area contributed by atoms with Crippen LogP contribution >= 0.6 is 0 Å². The number of aromatic hydroxyl groups is 1. The molecule has 0 amide bonds. The number of aromatic nitrogens is 2. The summed E-state index contributed by atoms with van der Waals surface area (Å²) in [4.78, 5) is 18.6. The number of nitrogens with one attached hydrogen (secondary N) is 1. The first-order chi connectivity index (χ1) is 8.52. The first kappa shape index (κ1) is 12.2. The number of aryl methyl sites for hydroxylation is 1. The number of phenols is 1. The average Bonchev–Trinajstić information content (AvgIpc) is 2.35. The van der Waals surface area contributed by atoms with Crippen LogP contribution in [0, 0.1) is 13.8 Å². The minimum Gasteiger partial charge on any atom is -0.504 e. The molecule has 5 nitrogen and oxygen atoms in total. The minimum atomic E-state index is -0.173. The SMILES string of the molecule is COc1ccc(-c2nc(C)c(C)c(=O)[nH]2)cc1O. The third-order valence-electron chi connectivity index (χ3n) is 2.85. The predicted molar refractivity (Wildman–Crippen MR) is 68.0 cm³/mol. The number of H-pyrrole nitrogens is 1. The molecule has 0 saturated heterocycles. The highest BCUT2D eigenvalue weighted by molar-refractivity contribution is 5.60. The molecule has 0 saturated carbocycles. The van der Waals surface area contributed by atoms with Crippen LogP contribution in [0.3, 0.4) is 0 Å². The molecule has 0 aliphatic carbocycles. The van der Waals surface area contributed by atoms with Crippen molar-refractivity contribution in [2.75, 3.05) is 7.11 Å². The molecule has 0 fully saturated rings. The van der Waals surface area contributed by atoms with Crippen molar-refractivity contribution in [2.45, 2.75) is 13.8 Å². The van der Waals surface area contributed by atoms with Crippen LogP contribution in [0.4, 0.5) is 0 Å². The maximum absolute atomic E-state index is 11.7. The summed E-state index contributed by atoms with van der Waals surface area (Å²) in [6.45, 7) is 3.49. The van der Waals surface area contributed by atoms with Gasteiger partial charge in [-0.3, -0.25) is 4.79 Å². The standard InChI is InChI=1S/C13H14N2O3/c1-7-8(2)14-12(15-13(7)17)9-4-5-11(18-3)10(16)6-9/h4-6,16H,1-3H3,(H,14,15,17). The first-order valence-electron chi connectivity index (χ1n) is 5.48. The van der Waals surface area contributed by atoms with Crippen molar-refractivity contribution >= 4 is 0 Å². The molecule has 2 rings (SSSR count). The second kappa shape index (κ2) is 4.52. The van der Waals surface area contributed by atoms with E-state index >= 15 is 0 Å². The van der Waals surface area contributed by atoms with Gasteiger partial charge in [0.05, 0.1) is 7.11 Å². The number of hydrogen-bond acceptors (Lipinski definition) is 4. The molecule has 2 N–H and O–H groups in total. The van der Waals surface area contributed by atoms with Crippen molar-refractivity contribution in [1.29, 1.82) is 0 Å². The van der Waals surface area contributed by atoms with Crippen LogP contribution in [0.2, 0.25) is 0 Å². The quantitative estimate of drug-likeness (QED) is 0.846. The van der Waals surface area contributed by atoms with Gasteiger partial charge in [-0.2, -0.15) is 0 Å². The summed E-state index contributed by atoms with van der Waals surface area (Å²) in [5.74, 6) is 0.821. The molecule has 1 heterocycles. The Bertz CT molecular complexity index is 647. The Morgan fingerprint density at radius 3 is 2.61 bits per heavy atom. The molecule has 94 valence electrons. The van der Waals surface area contributed by atoms with Crippen molar-refractivity contribution < 1.29 is 9.84 Å². The molecule has 0 unspecified atom stereocenters. The molecule has 0 atom stereocenters. The molecule has 18 heavy (non-hydrogen) atoms. The second-order valence-electron chi connectivity index (χ2n) is 4.01. The lowest BCUT2D eigenvalue weighted by atomic mass is 10.1. The van der Waals surface area contributed by atoms with E-state index in [1.54, 1.807) is 26.0 Å². The van der Waals surface area contributed by atoms with E-state index in [0.717, 1.165) is 0 Å². The monoisotopic (exact) mass is 246 g/mol. The van der Waals surface area contributed by atoms with E-state index in [9.17, 15) is 9.90 Å². The maximum Gasteiger partial charge on any atom is 0.254 e. The van der Waals surface area contributed by atoms with Gasteiger partial charge in [0.25, 0.3) is 5.56 Å². The highest BCUT2D eigenvalue weighted by Crippen LogP contribution is 2.29. The summed E-state index contributed by atoms with van der Waals surface area (Å²) in [5, 5.41) is 9.70. The Hall–Kier alpha value is -2.30. The van der Waals surface area contributed by atoms with Gasteiger partial charge in [0.15, 0.2) is 11.5 Å². The Kier molecular flexibility index (Phi) is 3.06. The number of ether oxygens (including phenoxy) is 1. The average molecular weight is 246 g/mol. The molecule has 0 aliphatic heterocycles. The zero-order valence-corrected chi connectivity index (χ0v) is 10.4. The topological polar surface area (TPSA) is 75.2 Å². The second-order valence-corrected chi connectivity index (χ2v) is 4.01. The summed E-state index contributed by atoms with van der Waals surface area (Å²) in [6.07, 6.45) is 0. The van der Waals surface area contributed by atoms with Crippen LogP contribution in [-0.2, 0) is 0 Å². The van der Waals surface area contributed by atoms with Gasteiger partial charge < -0.3 is 14.8 Å². The fourth-order valence-corrected chi connectivity index (χ4v) is 1.62. The Balaban J connectivity index is 2.56. The Labute approximate surface area is 104 Å². The largest absolute Gasteiger partial charge is 0.504 e. The van der Waals surface area contributed by atoms with Crippen LogP contribution in [0.25, 0.3) is 11.4 Å². The zero-order valence-electron chi connectivity index (χ0n) is 10.4. The van der Waals surface area contributed by atoms with E-state index in [1.807, 2.05) is 0 Å². The van der Waals surface area contributed by atoms with Crippen LogP contribution in [0.5, 0.6) is 11.5 Å². The summed E-state index contributed by atoms with van der Waals surface area (Å²) in [6, 6.07) is 4.86. The number of benzene rings is 1. The Morgan fingerprint density at radius 2 is 2.06 bits per heavy atom. The van der Waals surface area contributed by atoms with Gasteiger partial charge in [-0.15, -0.1) is 0 Å². The third-order valence-corrected chi connectivity index (χ3v) is 2.85. The normalized spacial score (nSPS) is 10.4. The number of nitrogens with zero attached hydrogens (tertiary/aromatic N) is 1. The van der Waals surface area contributed by atoms with Gasteiger partial charge in [-0.05, 0) is 32.0 Å². The fraction of sp³-hybridized carbons (Fsp3) is 0.231. The van der Waals surface area contributed by atoms with Gasteiger partial charge in [0, 0.05) is 16.8 Å². The minimum absolute atomic E-state index is 0.0101. The summed E-state index contributed by atoms with van der Waals surface area (Å²) >= 11 is 0. The zero-order chi connectivity index (χ0) is 13.3. The molecular formula is C13H14N2O3. The van der Waals surface area contributed by atoms with E-state index in [4.69, 9.17) is 4.74 Å². The van der Waals surface area contributed by atoms with Crippen molar-refractivity contribution in [3.63, 3.8) is 0 Å². The third kappa shape index (κ3) is 2.07. The number of aromatic amines is 1. The van der Waals surface area contributed by atoms with Gasteiger partial charge in [-0.1, -0.05) is 0 Å². The molecule has 0 aliphatic rings. The van der Waals surface area contributed by atoms with E-state index in [0.29, 0.717) is 28.4 Å². The van der Waals surface area contributed by atoms with Crippen LogP contribution in [0.15, 0.2) is 23.0 Å². The smallest absolute Gasteiger partial charge is 0.254 e. The Morgan fingerprint density at radius 1 is 1.33 bits per heavy atom. The summed E-state index contributed by atoms with van der Waals surface area (Å²) in [7, 11) is 1.48. The highest BCUT2D eigenvalue weighted by Gasteiger charge is 2.08. The van der Waals surface area contributed by atoms with Crippen molar-refractivity contribution in [3.05, 3.63) is 39.8 Å². The lowest BCUT2D eigenvalue weighted by Crippen LogP contribution is -2.14. The van der Waals surface area contributed by atoms with Crippen molar-refractivity contribution in [2.24, 2.45) is 0 Å². The molecule has 1 aromatic heterocycles. The van der Waals surface area contributed by atoms with Crippen molar-refractivity contribution in [1.82, 2.24) is 9.97 Å². The van der Waals surface area contributed by atoms with E-state index < -0.39 is 0 Å². The summed E-state index contributed by atoms with van der Waals surface area (Å²) < 4.78 is 4.96. The predicted octanol–water partition coefficient (Wildman–Crippen LogP) is 1.77. The number of phenolic OH excluding ortho intramolecular Hbond substituents is 1. The molecule has 2 aromatic rings. The van der Waals surface area contributed by atoms with Gasteiger partial charge in [0.1, 0.15) is 5.82 Å². The molecule has 0 spiro atoms. The lowest BCUT2D eigenvalue weighted by molar-refractivity contribution is 0.373. The molecule has 5 heteroatoms.